The molecule has 120 valence electrons. The largest absolute Gasteiger partial charge is 0.478 e. The van der Waals surface area contributed by atoms with Gasteiger partial charge in [-0.15, -0.1) is 0 Å². The summed E-state index contributed by atoms with van der Waals surface area (Å²) >= 11 is 2.94. The second-order valence-corrected chi connectivity index (χ2v) is 7.51. The average Bonchev–Trinajstić information content (AvgIpc) is 2.70. The minimum absolute atomic E-state index is 0.00756. The number of benzene rings is 1. The van der Waals surface area contributed by atoms with Crippen molar-refractivity contribution in [1.29, 1.82) is 0 Å². The third-order valence-corrected chi connectivity index (χ3v) is 4.78. The molecule has 0 bridgehead atoms. The molecule has 1 atom stereocenters. The highest BCUT2D eigenvalue weighted by Gasteiger charge is 2.35. The van der Waals surface area contributed by atoms with E-state index in [1.807, 2.05) is 0 Å². The molecule has 2 rings (SSSR count). The fraction of sp³-hybridized carbons (Fsp3) is 0.333. The van der Waals surface area contributed by atoms with Gasteiger partial charge in [-0.2, -0.15) is 0 Å². The zero-order valence-corrected chi connectivity index (χ0v) is 13.5. The van der Waals surface area contributed by atoms with Crippen molar-refractivity contribution in [1.82, 2.24) is 0 Å². The topological polar surface area (TPSA) is 118 Å². The molecule has 3 N–H and O–H groups in total. The number of aromatic carboxylic acids is 1. The summed E-state index contributed by atoms with van der Waals surface area (Å²) in [5.41, 5.74) is -0.354. The lowest BCUT2D eigenvalue weighted by Crippen LogP contribution is -2.28. The molecule has 0 spiro atoms. The molecular formula is C12H12BrFN2O5S. The first kappa shape index (κ1) is 16.8. The van der Waals surface area contributed by atoms with Crippen molar-refractivity contribution in [3.8, 4) is 0 Å². The van der Waals surface area contributed by atoms with Crippen LogP contribution in [0.15, 0.2) is 16.6 Å². The molecule has 0 aliphatic carbocycles. The highest BCUT2D eigenvalue weighted by molar-refractivity contribution is 9.10. The Labute approximate surface area is 134 Å². The van der Waals surface area contributed by atoms with E-state index in [1.54, 1.807) is 0 Å². The first-order valence-corrected chi connectivity index (χ1v) is 8.62. The van der Waals surface area contributed by atoms with E-state index in [0.717, 1.165) is 11.0 Å². The molecule has 10 heteroatoms. The number of carbonyl (C=O) groups excluding carboxylic acids is 1. The second-order valence-electron chi connectivity index (χ2n) is 4.99. The van der Waals surface area contributed by atoms with Gasteiger partial charge in [-0.3, -0.25) is 4.79 Å². The average molecular weight is 395 g/mol. The van der Waals surface area contributed by atoms with Gasteiger partial charge in [0.05, 0.1) is 21.5 Å². The van der Waals surface area contributed by atoms with Crippen LogP contribution in [0.2, 0.25) is 0 Å². The van der Waals surface area contributed by atoms with Crippen LogP contribution in [-0.4, -0.2) is 37.7 Å². The van der Waals surface area contributed by atoms with E-state index in [-0.39, 0.29) is 34.4 Å². The molecule has 1 amide bonds. The zero-order chi connectivity index (χ0) is 16.7. The van der Waals surface area contributed by atoms with Gasteiger partial charge in [0, 0.05) is 18.9 Å². The van der Waals surface area contributed by atoms with E-state index < -0.39 is 33.6 Å². The number of amides is 1. The van der Waals surface area contributed by atoms with E-state index in [0.29, 0.717) is 0 Å². The molecule has 1 aromatic carbocycles. The first-order valence-electron chi connectivity index (χ1n) is 6.11. The van der Waals surface area contributed by atoms with Gasteiger partial charge in [0.15, 0.2) is 0 Å². The van der Waals surface area contributed by atoms with Crippen LogP contribution in [0, 0.1) is 11.7 Å². The molecular weight excluding hydrogens is 383 g/mol. The Bertz CT molecular complexity index is 752. The Kier molecular flexibility index (Phi) is 4.54. The summed E-state index contributed by atoms with van der Waals surface area (Å²) in [5.74, 6) is -3.50. The van der Waals surface area contributed by atoms with Gasteiger partial charge in [-0.1, -0.05) is 0 Å². The van der Waals surface area contributed by atoms with Gasteiger partial charge >= 0.3 is 5.97 Å². The van der Waals surface area contributed by atoms with Gasteiger partial charge in [0.1, 0.15) is 5.82 Å². The van der Waals surface area contributed by atoms with Crippen molar-refractivity contribution in [3.05, 3.63) is 28.0 Å². The van der Waals surface area contributed by atoms with Crippen LogP contribution in [0.3, 0.4) is 0 Å². The van der Waals surface area contributed by atoms with Crippen molar-refractivity contribution in [3.63, 3.8) is 0 Å². The maximum absolute atomic E-state index is 13.5. The monoisotopic (exact) mass is 394 g/mol. The summed E-state index contributed by atoms with van der Waals surface area (Å²) in [4.78, 5) is 24.4. The van der Waals surface area contributed by atoms with Gasteiger partial charge in [-0.25, -0.2) is 22.7 Å². The third-order valence-electron chi connectivity index (χ3n) is 3.23. The van der Waals surface area contributed by atoms with Crippen molar-refractivity contribution < 1.29 is 27.5 Å². The Morgan fingerprint density at radius 1 is 1.50 bits per heavy atom. The molecule has 1 fully saturated rings. The number of hydrogen-bond donors (Lipinski definition) is 2. The fourth-order valence-corrected chi connectivity index (χ4v) is 3.60. The minimum Gasteiger partial charge on any atom is -0.478 e. The fourth-order valence-electron chi connectivity index (χ4n) is 2.39. The highest BCUT2D eigenvalue weighted by atomic mass is 79.9. The summed E-state index contributed by atoms with van der Waals surface area (Å²) in [6.07, 6.45) is -0.0650. The predicted octanol–water partition coefficient (Wildman–Crippen LogP) is 0.928. The molecule has 1 aliphatic rings. The molecule has 0 saturated carbocycles. The lowest BCUT2D eigenvalue weighted by Gasteiger charge is -2.19. The van der Waals surface area contributed by atoms with E-state index in [2.05, 4.69) is 15.9 Å². The maximum atomic E-state index is 13.5. The zero-order valence-electron chi connectivity index (χ0n) is 11.1. The Balaban J connectivity index is 2.38. The number of halogens is 2. The summed E-state index contributed by atoms with van der Waals surface area (Å²) < 4.78 is 35.7. The number of primary sulfonamides is 1. The van der Waals surface area contributed by atoms with Crippen LogP contribution in [0.25, 0.3) is 0 Å². The molecule has 1 saturated heterocycles. The van der Waals surface area contributed by atoms with Crippen LogP contribution < -0.4 is 10.0 Å². The number of rotatable bonds is 4. The second kappa shape index (κ2) is 5.94. The number of nitrogens with two attached hydrogens (primary N) is 1. The highest BCUT2D eigenvalue weighted by Crippen LogP contribution is 2.32. The van der Waals surface area contributed by atoms with Crippen molar-refractivity contribution in [2.24, 2.45) is 11.1 Å². The summed E-state index contributed by atoms with van der Waals surface area (Å²) in [5, 5.41) is 14.1. The van der Waals surface area contributed by atoms with Crippen LogP contribution in [-0.2, 0) is 14.8 Å². The van der Waals surface area contributed by atoms with Crippen LogP contribution in [0.4, 0.5) is 10.1 Å². The molecule has 22 heavy (non-hydrogen) atoms. The minimum atomic E-state index is -3.74. The molecule has 7 nitrogen and oxygen atoms in total. The molecule has 0 radical (unpaired) electrons. The van der Waals surface area contributed by atoms with Crippen molar-refractivity contribution in [2.45, 2.75) is 6.42 Å². The summed E-state index contributed by atoms with van der Waals surface area (Å²) in [6, 6.07) is 2.00. The summed E-state index contributed by atoms with van der Waals surface area (Å²) in [6.45, 7) is 0.00756. The Morgan fingerprint density at radius 3 is 2.68 bits per heavy atom. The number of anilines is 1. The van der Waals surface area contributed by atoms with Crippen LogP contribution in [0.5, 0.6) is 0 Å². The molecule has 0 aromatic heterocycles. The SMILES string of the molecule is NS(=O)(=O)CC1CC(=O)N(c2cc(Br)c(F)cc2C(=O)O)C1. The maximum Gasteiger partial charge on any atom is 0.337 e. The summed E-state index contributed by atoms with van der Waals surface area (Å²) in [7, 11) is -3.74. The normalized spacial score (nSPS) is 18.8. The molecule has 1 unspecified atom stereocenters. The Morgan fingerprint density at radius 2 is 2.14 bits per heavy atom. The number of sulfonamides is 1. The number of nitrogens with zero attached hydrogens (tertiary/aromatic N) is 1. The van der Waals surface area contributed by atoms with Crippen LogP contribution in [0.1, 0.15) is 16.8 Å². The number of hydrogen-bond acceptors (Lipinski definition) is 4. The van der Waals surface area contributed by atoms with E-state index in [1.165, 1.54) is 6.07 Å². The van der Waals surface area contributed by atoms with E-state index >= 15 is 0 Å². The van der Waals surface area contributed by atoms with E-state index in [4.69, 9.17) is 10.2 Å². The third kappa shape index (κ3) is 3.62. The molecule has 1 heterocycles. The van der Waals surface area contributed by atoms with Gasteiger partial charge in [-0.05, 0) is 28.1 Å². The quantitative estimate of drug-likeness (QED) is 0.787. The Hall–Kier alpha value is -1.52. The number of carboxylic acids is 1. The molecule has 1 aliphatic heterocycles. The van der Waals surface area contributed by atoms with E-state index in [9.17, 15) is 22.4 Å². The lowest BCUT2D eigenvalue weighted by molar-refractivity contribution is -0.117. The molecule has 1 aromatic rings. The van der Waals surface area contributed by atoms with Gasteiger partial charge in [0.25, 0.3) is 0 Å². The van der Waals surface area contributed by atoms with Crippen molar-refractivity contribution >= 4 is 43.5 Å². The number of carboxylic acid groups (broad SMARTS) is 1. The van der Waals surface area contributed by atoms with Gasteiger partial charge in [0.2, 0.25) is 15.9 Å². The van der Waals surface area contributed by atoms with Gasteiger partial charge < -0.3 is 10.0 Å². The predicted molar refractivity (Wildman–Crippen MR) is 79.5 cm³/mol. The van der Waals surface area contributed by atoms with Crippen LogP contribution >= 0.6 is 15.9 Å². The smallest absolute Gasteiger partial charge is 0.337 e. The lowest BCUT2D eigenvalue weighted by atomic mass is 10.1. The van der Waals surface area contributed by atoms with Crippen molar-refractivity contribution in [2.75, 3.05) is 17.2 Å². The first-order chi connectivity index (χ1) is 10.1. The standard InChI is InChI=1S/C12H12BrFN2O5S/c13-8-3-10(7(12(18)19)2-9(8)14)16-4-6(1-11(16)17)5-22(15,20)21/h2-3,6H,1,4-5H2,(H,18,19)(H2,15,20,21). The number of carbonyl (C=O) groups is 2.